The Hall–Kier alpha value is -2.07. The first kappa shape index (κ1) is 27.0. The number of hydrogen-bond acceptors (Lipinski definition) is 7. The molecule has 3 amide bonds. The van der Waals surface area contributed by atoms with Gasteiger partial charge in [-0.25, -0.2) is 9.59 Å². The van der Waals surface area contributed by atoms with E-state index >= 15 is 0 Å². The molecule has 10 heteroatoms. The van der Waals surface area contributed by atoms with E-state index in [0.717, 1.165) is 0 Å². The van der Waals surface area contributed by atoms with E-state index in [1.165, 1.54) is 0 Å². The topological polar surface area (TPSA) is 117 Å². The van der Waals surface area contributed by atoms with Gasteiger partial charge in [0, 0.05) is 65.3 Å². The van der Waals surface area contributed by atoms with Gasteiger partial charge in [-0.15, -0.1) is 0 Å². The van der Waals surface area contributed by atoms with Crippen molar-refractivity contribution >= 4 is 18.1 Å². The average molecular weight is 444 g/mol. The second-order valence-electron chi connectivity index (χ2n) is 9.60. The number of amides is 3. The van der Waals surface area contributed by atoms with Gasteiger partial charge in [0.25, 0.3) is 0 Å². The SMILES string of the molecule is CC(C)(C)OC(=O)N1CCNCCN(C(=O)CCN)CCN(C(=O)OC(C)(C)C)CC1. The Kier molecular flexibility index (Phi) is 10.5. The fourth-order valence-corrected chi connectivity index (χ4v) is 2.92. The van der Waals surface area contributed by atoms with Crippen LogP contribution >= 0.6 is 0 Å². The molecule has 1 rings (SSSR count). The summed E-state index contributed by atoms with van der Waals surface area (Å²) in [5.74, 6) is -0.0409. The standard InChI is InChI=1S/C21H41N5O5/c1-20(2,3)30-18(28)25-12-10-23-9-11-24(17(27)7-8-22)13-14-26(16-15-25)19(29)31-21(4,5)6/h23H,7-16,22H2,1-6H3. The van der Waals surface area contributed by atoms with E-state index in [4.69, 9.17) is 15.2 Å². The van der Waals surface area contributed by atoms with Gasteiger partial charge in [0.15, 0.2) is 0 Å². The van der Waals surface area contributed by atoms with Crippen molar-refractivity contribution in [1.82, 2.24) is 20.0 Å². The fourth-order valence-electron chi connectivity index (χ4n) is 2.92. The molecule has 180 valence electrons. The molecular weight excluding hydrogens is 402 g/mol. The van der Waals surface area contributed by atoms with Crippen molar-refractivity contribution in [3.05, 3.63) is 0 Å². The molecule has 1 saturated heterocycles. The summed E-state index contributed by atoms with van der Waals surface area (Å²) in [6.45, 7) is 14.4. The number of carbonyl (C=O) groups is 3. The number of rotatable bonds is 2. The number of nitrogens with one attached hydrogen (secondary N) is 1. The van der Waals surface area contributed by atoms with E-state index in [0.29, 0.717) is 45.8 Å². The lowest BCUT2D eigenvalue weighted by atomic mass is 10.2. The molecule has 0 aliphatic carbocycles. The summed E-state index contributed by atoms with van der Waals surface area (Å²) in [6, 6.07) is 0. The summed E-state index contributed by atoms with van der Waals surface area (Å²) in [6.07, 6.45) is -0.632. The smallest absolute Gasteiger partial charge is 0.410 e. The molecule has 1 aliphatic heterocycles. The first-order valence-electron chi connectivity index (χ1n) is 11.0. The summed E-state index contributed by atoms with van der Waals surface area (Å²) in [4.78, 5) is 42.7. The van der Waals surface area contributed by atoms with Crippen LogP contribution < -0.4 is 11.1 Å². The predicted octanol–water partition coefficient (Wildman–Crippen LogP) is 1.24. The first-order chi connectivity index (χ1) is 14.3. The van der Waals surface area contributed by atoms with E-state index in [2.05, 4.69) is 5.32 Å². The third-order valence-corrected chi connectivity index (χ3v) is 4.41. The van der Waals surface area contributed by atoms with Crippen molar-refractivity contribution in [3.63, 3.8) is 0 Å². The Labute approximate surface area is 186 Å². The van der Waals surface area contributed by atoms with Gasteiger partial charge in [-0.1, -0.05) is 0 Å². The van der Waals surface area contributed by atoms with Crippen LogP contribution in [0, 0.1) is 0 Å². The third kappa shape index (κ3) is 11.2. The van der Waals surface area contributed by atoms with Crippen molar-refractivity contribution in [1.29, 1.82) is 0 Å². The van der Waals surface area contributed by atoms with Gasteiger partial charge in [-0.2, -0.15) is 0 Å². The van der Waals surface area contributed by atoms with Crippen LogP contribution in [0.25, 0.3) is 0 Å². The Balaban J connectivity index is 2.97. The minimum absolute atomic E-state index is 0.0409. The maximum Gasteiger partial charge on any atom is 0.410 e. The zero-order valence-electron chi connectivity index (χ0n) is 20.0. The molecule has 3 N–H and O–H groups in total. The summed E-state index contributed by atoms with van der Waals surface area (Å²) >= 11 is 0. The molecule has 0 aromatic rings. The van der Waals surface area contributed by atoms with Crippen LogP contribution in [0.1, 0.15) is 48.0 Å². The lowest BCUT2D eigenvalue weighted by Crippen LogP contribution is -2.50. The summed E-state index contributed by atoms with van der Waals surface area (Å²) in [5, 5.41) is 3.26. The Morgan fingerprint density at radius 3 is 1.55 bits per heavy atom. The zero-order valence-corrected chi connectivity index (χ0v) is 20.0. The highest BCUT2D eigenvalue weighted by molar-refractivity contribution is 5.76. The Morgan fingerprint density at radius 2 is 1.13 bits per heavy atom. The minimum Gasteiger partial charge on any atom is -0.444 e. The van der Waals surface area contributed by atoms with Crippen molar-refractivity contribution in [2.75, 3.05) is 58.9 Å². The molecule has 1 fully saturated rings. The molecule has 0 aromatic heterocycles. The fraction of sp³-hybridized carbons (Fsp3) is 0.857. The molecule has 0 radical (unpaired) electrons. The molecular formula is C21H41N5O5. The lowest BCUT2D eigenvalue weighted by molar-refractivity contribution is -0.131. The van der Waals surface area contributed by atoms with Crippen molar-refractivity contribution in [3.8, 4) is 0 Å². The van der Waals surface area contributed by atoms with Gasteiger partial charge < -0.3 is 35.2 Å². The normalized spacial score (nSPS) is 17.5. The molecule has 0 saturated carbocycles. The maximum absolute atomic E-state index is 12.8. The lowest BCUT2D eigenvalue weighted by Gasteiger charge is -2.33. The molecule has 1 aliphatic rings. The van der Waals surface area contributed by atoms with E-state index in [1.807, 2.05) is 20.8 Å². The minimum atomic E-state index is -0.648. The predicted molar refractivity (Wildman–Crippen MR) is 119 cm³/mol. The van der Waals surface area contributed by atoms with E-state index in [-0.39, 0.29) is 25.4 Å². The van der Waals surface area contributed by atoms with Gasteiger partial charge in [0.1, 0.15) is 11.2 Å². The Morgan fingerprint density at radius 1 is 0.742 bits per heavy atom. The molecule has 0 bridgehead atoms. The van der Waals surface area contributed by atoms with Gasteiger partial charge >= 0.3 is 12.2 Å². The number of nitrogens with two attached hydrogens (primary N) is 1. The van der Waals surface area contributed by atoms with Crippen molar-refractivity contribution < 1.29 is 23.9 Å². The molecule has 0 unspecified atom stereocenters. The molecule has 0 spiro atoms. The highest BCUT2D eigenvalue weighted by Gasteiger charge is 2.27. The molecule has 0 atom stereocenters. The third-order valence-electron chi connectivity index (χ3n) is 4.41. The first-order valence-corrected chi connectivity index (χ1v) is 11.0. The molecule has 1 heterocycles. The second-order valence-corrected chi connectivity index (χ2v) is 9.60. The van der Waals surface area contributed by atoms with Crippen LogP contribution in [0.4, 0.5) is 9.59 Å². The van der Waals surface area contributed by atoms with E-state index in [9.17, 15) is 14.4 Å². The molecule has 0 aromatic carbocycles. The van der Waals surface area contributed by atoms with Crippen LogP contribution in [-0.2, 0) is 14.3 Å². The highest BCUT2D eigenvalue weighted by atomic mass is 16.6. The van der Waals surface area contributed by atoms with Crippen LogP contribution in [0.3, 0.4) is 0 Å². The van der Waals surface area contributed by atoms with Crippen LogP contribution in [-0.4, -0.2) is 103 Å². The van der Waals surface area contributed by atoms with Crippen LogP contribution in [0.15, 0.2) is 0 Å². The number of hydrogen-bond donors (Lipinski definition) is 2. The number of carbonyl (C=O) groups excluding carboxylic acids is 3. The van der Waals surface area contributed by atoms with Gasteiger partial charge in [-0.3, -0.25) is 4.79 Å². The van der Waals surface area contributed by atoms with Gasteiger partial charge in [0.2, 0.25) is 5.91 Å². The quantitative estimate of drug-likeness (QED) is 0.659. The molecule has 10 nitrogen and oxygen atoms in total. The van der Waals surface area contributed by atoms with Gasteiger partial charge in [-0.05, 0) is 41.5 Å². The zero-order chi connectivity index (χ0) is 23.7. The number of nitrogens with zero attached hydrogens (tertiary/aromatic N) is 3. The van der Waals surface area contributed by atoms with Crippen LogP contribution in [0.5, 0.6) is 0 Å². The summed E-state index contributed by atoms with van der Waals surface area (Å²) < 4.78 is 11.1. The van der Waals surface area contributed by atoms with Gasteiger partial charge in [0.05, 0.1) is 0 Å². The van der Waals surface area contributed by atoms with Crippen LogP contribution in [0.2, 0.25) is 0 Å². The largest absolute Gasteiger partial charge is 0.444 e. The van der Waals surface area contributed by atoms with Crippen molar-refractivity contribution in [2.45, 2.75) is 59.2 Å². The summed E-state index contributed by atoms with van der Waals surface area (Å²) in [7, 11) is 0. The number of ether oxygens (including phenoxy) is 2. The van der Waals surface area contributed by atoms with Crippen molar-refractivity contribution in [2.24, 2.45) is 5.73 Å². The Bertz CT molecular complexity index is 600. The molecule has 31 heavy (non-hydrogen) atoms. The highest BCUT2D eigenvalue weighted by Crippen LogP contribution is 2.12. The summed E-state index contributed by atoms with van der Waals surface area (Å²) in [5.41, 5.74) is 4.29. The van der Waals surface area contributed by atoms with E-state index in [1.54, 1.807) is 35.5 Å². The maximum atomic E-state index is 12.8. The average Bonchev–Trinajstić information content (AvgIpc) is 2.59. The monoisotopic (exact) mass is 443 g/mol. The van der Waals surface area contributed by atoms with E-state index < -0.39 is 23.4 Å². The second kappa shape index (κ2) is 12.1.